The van der Waals surface area contributed by atoms with Crippen LogP contribution in [0.4, 0.5) is 10.1 Å². The van der Waals surface area contributed by atoms with Crippen molar-refractivity contribution >= 4 is 17.5 Å². The number of alkyl halides is 1. The van der Waals surface area contributed by atoms with Gasteiger partial charge in [-0.15, -0.1) is 0 Å². The summed E-state index contributed by atoms with van der Waals surface area (Å²) >= 11 is 0. The summed E-state index contributed by atoms with van der Waals surface area (Å²) in [6.45, 7) is 7.19. The summed E-state index contributed by atoms with van der Waals surface area (Å²) in [5.41, 5.74) is 3.04. The van der Waals surface area contributed by atoms with Crippen molar-refractivity contribution in [3.05, 3.63) is 59.2 Å². The Bertz CT molecular complexity index is 1330. The van der Waals surface area contributed by atoms with Crippen molar-refractivity contribution in [2.45, 2.75) is 122 Å². The van der Waals surface area contributed by atoms with Gasteiger partial charge in [0.2, 0.25) is 5.91 Å². The first-order valence-electron chi connectivity index (χ1n) is 17.9. The van der Waals surface area contributed by atoms with Crippen LogP contribution in [0, 0.1) is 23.2 Å². The van der Waals surface area contributed by atoms with E-state index in [0.717, 1.165) is 69.0 Å². The second-order valence-corrected chi connectivity index (χ2v) is 14.7. The van der Waals surface area contributed by atoms with E-state index in [0.29, 0.717) is 24.2 Å². The highest BCUT2D eigenvalue weighted by molar-refractivity contribution is 5.95. The third kappa shape index (κ3) is 7.61. The number of unbranched alkanes of at least 4 members (excludes halogenated alkanes) is 6. The van der Waals surface area contributed by atoms with Crippen molar-refractivity contribution in [1.29, 1.82) is 0 Å². The molecule has 46 heavy (non-hydrogen) atoms. The molecule has 0 aliphatic heterocycles. The fourth-order valence-electron chi connectivity index (χ4n) is 9.22. The summed E-state index contributed by atoms with van der Waals surface area (Å²) in [6, 6.07) is 12.6. The molecule has 7 heteroatoms. The minimum Gasteiger partial charge on any atom is -0.508 e. The number of amides is 2. The number of aromatic hydroxyl groups is 1. The Labute approximate surface area is 275 Å². The Balaban J connectivity index is 1.26. The summed E-state index contributed by atoms with van der Waals surface area (Å²) in [6.07, 6.45) is 11.2. The van der Waals surface area contributed by atoms with Crippen LogP contribution in [-0.2, 0) is 11.2 Å². The molecule has 2 aromatic rings. The number of hydrogen-bond acceptors (Lipinski definition) is 4. The second-order valence-electron chi connectivity index (χ2n) is 14.7. The third-order valence-corrected chi connectivity index (χ3v) is 11.5. The number of nitrogens with one attached hydrogen (secondary N) is 1. The van der Waals surface area contributed by atoms with Gasteiger partial charge in [0, 0.05) is 37.2 Å². The van der Waals surface area contributed by atoms with E-state index in [1.54, 1.807) is 30.3 Å². The van der Waals surface area contributed by atoms with Crippen LogP contribution in [0.25, 0.3) is 0 Å². The number of phenols is 1. The molecule has 3 aliphatic carbocycles. The van der Waals surface area contributed by atoms with E-state index >= 15 is 4.39 Å². The average molecular weight is 635 g/mol. The van der Waals surface area contributed by atoms with E-state index < -0.39 is 12.3 Å². The number of anilines is 1. The number of phenolic OH excluding ortho intramolecular Hbond substituents is 1. The molecule has 0 aromatic heterocycles. The number of carbonyl (C=O) groups excluding carboxylic acids is 2. The van der Waals surface area contributed by atoms with Crippen LogP contribution < -0.4 is 5.32 Å². The number of aliphatic hydroxyl groups is 1. The summed E-state index contributed by atoms with van der Waals surface area (Å²) < 4.78 is 16.1. The molecule has 6 nitrogen and oxygen atoms in total. The van der Waals surface area contributed by atoms with E-state index in [-0.39, 0.29) is 46.7 Å². The summed E-state index contributed by atoms with van der Waals surface area (Å²) in [7, 11) is 0. The van der Waals surface area contributed by atoms with Gasteiger partial charge >= 0.3 is 0 Å². The van der Waals surface area contributed by atoms with Crippen LogP contribution >= 0.6 is 0 Å². The van der Waals surface area contributed by atoms with E-state index in [9.17, 15) is 19.8 Å². The van der Waals surface area contributed by atoms with Crippen LogP contribution in [0.15, 0.2) is 42.5 Å². The van der Waals surface area contributed by atoms with Crippen molar-refractivity contribution in [2.24, 2.45) is 23.2 Å². The maximum atomic E-state index is 16.1. The number of carbonyl (C=O) groups is 2. The Hall–Kier alpha value is -2.93. The smallest absolute Gasteiger partial charge is 0.253 e. The molecule has 2 amide bonds. The molecule has 3 N–H and O–H groups in total. The first-order chi connectivity index (χ1) is 22.1. The van der Waals surface area contributed by atoms with Gasteiger partial charge in [0.05, 0.1) is 6.10 Å². The SMILES string of the molecule is CCCCCCCCN(CCCCC1Cc2cc(O)ccc2C2C1C1CC[C@H](O)C1(C)C[C@@H]2F)C(=O)c1ccc(NC(C)=O)cc1. The first kappa shape index (κ1) is 34.4. The number of benzene rings is 2. The van der Waals surface area contributed by atoms with Gasteiger partial charge in [-0.3, -0.25) is 9.59 Å². The van der Waals surface area contributed by atoms with E-state index in [1.165, 1.54) is 32.6 Å². The number of hydrogen-bond donors (Lipinski definition) is 3. The molecule has 5 unspecified atom stereocenters. The highest BCUT2D eigenvalue weighted by atomic mass is 19.1. The molecular weight excluding hydrogens is 579 g/mol. The fraction of sp³-hybridized carbons (Fsp3) is 0.641. The molecule has 7 atom stereocenters. The highest BCUT2D eigenvalue weighted by Crippen LogP contribution is 2.63. The topological polar surface area (TPSA) is 89.9 Å². The molecule has 5 rings (SSSR count). The molecule has 2 saturated carbocycles. The van der Waals surface area contributed by atoms with Crippen molar-refractivity contribution in [1.82, 2.24) is 4.90 Å². The van der Waals surface area contributed by atoms with Gasteiger partial charge in [-0.2, -0.15) is 0 Å². The zero-order valence-corrected chi connectivity index (χ0v) is 28.1. The lowest BCUT2D eigenvalue weighted by Gasteiger charge is -2.54. The maximum Gasteiger partial charge on any atom is 0.253 e. The Morgan fingerprint density at radius 2 is 1.67 bits per heavy atom. The quantitative estimate of drug-likeness (QED) is 0.182. The van der Waals surface area contributed by atoms with Crippen LogP contribution in [0.1, 0.15) is 125 Å². The van der Waals surface area contributed by atoms with Gasteiger partial charge in [0.15, 0.2) is 0 Å². The molecule has 0 saturated heterocycles. The van der Waals surface area contributed by atoms with Crippen molar-refractivity contribution < 1.29 is 24.2 Å². The normalized spacial score (nSPS) is 28.2. The lowest BCUT2D eigenvalue weighted by atomic mass is 9.51. The minimum atomic E-state index is -1.01. The maximum absolute atomic E-state index is 16.1. The van der Waals surface area contributed by atoms with Crippen LogP contribution in [0.3, 0.4) is 0 Å². The van der Waals surface area contributed by atoms with E-state index in [2.05, 4.69) is 19.2 Å². The van der Waals surface area contributed by atoms with Crippen molar-refractivity contribution in [2.75, 3.05) is 18.4 Å². The zero-order chi connectivity index (χ0) is 32.8. The fourth-order valence-corrected chi connectivity index (χ4v) is 9.22. The van der Waals surface area contributed by atoms with E-state index in [4.69, 9.17) is 0 Å². The molecular formula is C39H55FN2O4. The first-order valence-corrected chi connectivity index (χ1v) is 17.9. The molecule has 0 heterocycles. The lowest BCUT2D eigenvalue weighted by Crippen LogP contribution is -2.51. The Morgan fingerprint density at radius 3 is 2.39 bits per heavy atom. The number of halogens is 1. The van der Waals surface area contributed by atoms with E-state index in [1.807, 2.05) is 17.0 Å². The monoisotopic (exact) mass is 634 g/mol. The van der Waals surface area contributed by atoms with Gasteiger partial charge in [0.25, 0.3) is 5.91 Å². The number of aliphatic hydroxyl groups excluding tert-OH is 1. The molecule has 2 fully saturated rings. The predicted octanol–water partition coefficient (Wildman–Crippen LogP) is 8.41. The molecule has 0 spiro atoms. The Kier molecular flexibility index (Phi) is 11.5. The predicted molar refractivity (Wildman–Crippen MR) is 182 cm³/mol. The summed E-state index contributed by atoms with van der Waals surface area (Å²) in [4.78, 5) is 27.1. The van der Waals surface area contributed by atoms with Crippen LogP contribution in [-0.4, -0.2) is 52.3 Å². The van der Waals surface area contributed by atoms with Crippen LogP contribution in [0.2, 0.25) is 0 Å². The third-order valence-electron chi connectivity index (χ3n) is 11.5. The lowest BCUT2D eigenvalue weighted by molar-refractivity contribution is -0.114. The largest absolute Gasteiger partial charge is 0.508 e. The summed E-state index contributed by atoms with van der Waals surface area (Å²) in [5.74, 6) is 0.659. The van der Waals surface area contributed by atoms with Gasteiger partial charge in [0.1, 0.15) is 11.9 Å². The molecule has 0 radical (unpaired) electrons. The standard InChI is InChI=1S/C39H55FN2O4/c1-4-5-6-7-8-10-21-42(38(46)27-13-15-30(16-14-27)41-26(2)43)22-11-9-12-28-23-29-24-31(44)17-18-32(29)37-34(40)25-39(3)33(36(28)37)19-20-35(39)45/h13-18,24,28,33-37,44-45H,4-12,19-23,25H2,1-3H3,(H,41,43)/t28?,33?,34-,35-,36?,37?,39?/m0/s1. The molecule has 2 aromatic carbocycles. The van der Waals surface area contributed by atoms with Gasteiger partial charge in [-0.1, -0.05) is 58.4 Å². The Morgan fingerprint density at radius 1 is 0.978 bits per heavy atom. The van der Waals surface area contributed by atoms with Gasteiger partial charge in [-0.25, -0.2) is 4.39 Å². The number of rotatable bonds is 14. The number of nitrogens with zero attached hydrogens (tertiary/aromatic N) is 1. The molecule has 3 aliphatic rings. The molecule has 0 bridgehead atoms. The zero-order valence-electron chi connectivity index (χ0n) is 28.1. The van der Waals surface area contributed by atoms with Gasteiger partial charge in [-0.05, 0) is 116 Å². The van der Waals surface area contributed by atoms with Gasteiger partial charge < -0.3 is 20.4 Å². The van der Waals surface area contributed by atoms with Crippen molar-refractivity contribution in [3.8, 4) is 5.75 Å². The highest BCUT2D eigenvalue weighted by Gasteiger charge is 2.59. The average Bonchev–Trinajstić information content (AvgIpc) is 3.32. The van der Waals surface area contributed by atoms with Crippen molar-refractivity contribution in [3.63, 3.8) is 0 Å². The number of fused-ring (bicyclic) bond motifs is 5. The minimum absolute atomic E-state index is 0.0216. The molecule has 252 valence electrons. The second kappa shape index (κ2) is 15.3. The summed E-state index contributed by atoms with van der Waals surface area (Å²) in [5, 5.41) is 24.0. The van der Waals surface area contributed by atoms with Crippen LogP contribution in [0.5, 0.6) is 5.75 Å².